The summed E-state index contributed by atoms with van der Waals surface area (Å²) in [5, 5.41) is 2.71. The molecule has 2 rings (SSSR count). The van der Waals surface area contributed by atoms with Gasteiger partial charge in [0, 0.05) is 26.0 Å². The summed E-state index contributed by atoms with van der Waals surface area (Å²) in [5.41, 5.74) is 0.117. The van der Waals surface area contributed by atoms with E-state index in [-0.39, 0.29) is 5.69 Å². The van der Waals surface area contributed by atoms with Crippen molar-refractivity contribution in [2.24, 2.45) is 0 Å². The van der Waals surface area contributed by atoms with E-state index in [1.807, 2.05) is 6.92 Å². The summed E-state index contributed by atoms with van der Waals surface area (Å²) in [5.74, 6) is -0.435. The van der Waals surface area contributed by atoms with Crippen molar-refractivity contribution >= 4 is 11.6 Å². The van der Waals surface area contributed by atoms with Gasteiger partial charge < -0.3 is 10.1 Å². The Hall–Kier alpha value is -2.09. The molecule has 2 aromatic rings. The Balaban J connectivity index is 2.27. The second-order valence-electron chi connectivity index (χ2n) is 5.21. The third-order valence-corrected chi connectivity index (χ3v) is 3.52. The fraction of sp³-hybridized carbons (Fsp3) is 0.500. The zero-order valence-electron chi connectivity index (χ0n) is 13.6. The van der Waals surface area contributed by atoms with Gasteiger partial charge in [0.2, 0.25) is 0 Å². The number of nitrogens with zero attached hydrogens (tertiary/aromatic N) is 2. The highest BCUT2D eigenvalue weighted by molar-refractivity contribution is 5.94. The highest BCUT2D eigenvalue weighted by Gasteiger charge is 2.31. The first-order chi connectivity index (χ1) is 11.4. The molecule has 0 unspecified atom stereocenters. The zero-order valence-corrected chi connectivity index (χ0v) is 13.6. The van der Waals surface area contributed by atoms with E-state index in [2.05, 4.69) is 10.3 Å². The second-order valence-corrected chi connectivity index (χ2v) is 5.21. The largest absolute Gasteiger partial charge is 0.417 e. The Morgan fingerprint density at radius 2 is 2.08 bits per heavy atom. The van der Waals surface area contributed by atoms with Crippen LogP contribution < -0.4 is 5.32 Å². The second kappa shape index (κ2) is 7.65. The number of amides is 1. The van der Waals surface area contributed by atoms with Gasteiger partial charge in [-0.2, -0.15) is 13.2 Å². The fourth-order valence-corrected chi connectivity index (χ4v) is 2.35. The molecule has 1 N–H and O–H groups in total. The standard InChI is InChI=1S/C16H20F3N3O2/c1-3-12-14(15(23)20-8-5-9-24-4-2)22-10-11(16(17,18)19)6-7-13(22)21-12/h6-7,10H,3-5,8-9H2,1-2H3,(H,20,23). The van der Waals surface area contributed by atoms with Gasteiger partial charge in [0.1, 0.15) is 11.3 Å². The topological polar surface area (TPSA) is 55.6 Å². The summed E-state index contributed by atoms with van der Waals surface area (Å²) in [7, 11) is 0. The first kappa shape index (κ1) is 18.3. The predicted octanol–water partition coefficient (Wildman–Crippen LogP) is 3.07. The summed E-state index contributed by atoms with van der Waals surface area (Å²) in [4.78, 5) is 16.6. The number of carbonyl (C=O) groups excluding carboxylic acids is 1. The molecule has 24 heavy (non-hydrogen) atoms. The number of aryl methyl sites for hydroxylation is 1. The van der Waals surface area contributed by atoms with Gasteiger partial charge in [-0.1, -0.05) is 6.92 Å². The van der Waals surface area contributed by atoms with Crippen molar-refractivity contribution < 1.29 is 22.7 Å². The lowest BCUT2D eigenvalue weighted by molar-refractivity contribution is -0.137. The van der Waals surface area contributed by atoms with Crippen LogP contribution in [-0.4, -0.2) is 35.1 Å². The van der Waals surface area contributed by atoms with Crippen molar-refractivity contribution in [3.8, 4) is 0 Å². The van der Waals surface area contributed by atoms with Gasteiger partial charge >= 0.3 is 6.18 Å². The van der Waals surface area contributed by atoms with Crippen LogP contribution >= 0.6 is 0 Å². The number of hydrogen-bond donors (Lipinski definition) is 1. The predicted molar refractivity (Wildman–Crippen MR) is 83.0 cm³/mol. The molecule has 0 bridgehead atoms. The van der Waals surface area contributed by atoms with Gasteiger partial charge in [-0.05, 0) is 31.9 Å². The lowest BCUT2D eigenvalue weighted by atomic mass is 10.2. The van der Waals surface area contributed by atoms with Crippen LogP contribution in [0.1, 0.15) is 42.0 Å². The van der Waals surface area contributed by atoms with E-state index in [9.17, 15) is 18.0 Å². The molecule has 5 nitrogen and oxygen atoms in total. The van der Waals surface area contributed by atoms with E-state index in [0.717, 1.165) is 12.3 Å². The van der Waals surface area contributed by atoms with Gasteiger partial charge in [-0.15, -0.1) is 0 Å². The maximum Gasteiger partial charge on any atom is 0.417 e. The molecule has 0 aliphatic carbocycles. The van der Waals surface area contributed by atoms with E-state index in [1.165, 1.54) is 10.5 Å². The molecule has 0 fully saturated rings. The molecule has 2 aromatic heterocycles. The highest BCUT2D eigenvalue weighted by Crippen LogP contribution is 2.29. The molecule has 1 amide bonds. The lowest BCUT2D eigenvalue weighted by Gasteiger charge is -2.09. The quantitative estimate of drug-likeness (QED) is 0.786. The first-order valence-electron chi connectivity index (χ1n) is 7.82. The average molecular weight is 343 g/mol. The minimum absolute atomic E-state index is 0.148. The summed E-state index contributed by atoms with van der Waals surface area (Å²) < 4.78 is 45.1. The Bertz CT molecular complexity index is 710. The van der Waals surface area contributed by atoms with E-state index in [0.29, 0.717) is 43.9 Å². The SMILES string of the molecule is CCOCCCNC(=O)c1c(CC)nc2ccc(C(F)(F)F)cn12. The van der Waals surface area contributed by atoms with E-state index >= 15 is 0 Å². The van der Waals surface area contributed by atoms with Crippen molar-refractivity contribution in [2.75, 3.05) is 19.8 Å². The normalized spacial score (nSPS) is 11.9. The molecule has 2 heterocycles. The van der Waals surface area contributed by atoms with Crippen LogP contribution in [0.25, 0.3) is 5.65 Å². The number of halogens is 3. The number of nitrogens with one attached hydrogen (secondary N) is 1. The van der Waals surface area contributed by atoms with Crippen molar-refractivity contribution in [2.45, 2.75) is 32.9 Å². The Morgan fingerprint density at radius 1 is 1.33 bits per heavy atom. The lowest BCUT2D eigenvalue weighted by Crippen LogP contribution is -2.27. The molecular formula is C16H20F3N3O2. The monoisotopic (exact) mass is 343 g/mol. The Morgan fingerprint density at radius 3 is 2.71 bits per heavy atom. The van der Waals surface area contributed by atoms with E-state index < -0.39 is 17.6 Å². The number of hydrogen-bond acceptors (Lipinski definition) is 3. The third-order valence-electron chi connectivity index (χ3n) is 3.52. The molecule has 0 aliphatic heterocycles. The van der Waals surface area contributed by atoms with Crippen molar-refractivity contribution in [3.63, 3.8) is 0 Å². The van der Waals surface area contributed by atoms with Crippen LogP contribution in [0, 0.1) is 0 Å². The van der Waals surface area contributed by atoms with Crippen LogP contribution in [0.15, 0.2) is 18.3 Å². The number of alkyl halides is 3. The van der Waals surface area contributed by atoms with Crippen molar-refractivity contribution in [1.29, 1.82) is 0 Å². The minimum atomic E-state index is -4.48. The number of imidazole rings is 1. The number of rotatable bonds is 7. The molecule has 0 saturated heterocycles. The van der Waals surface area contributed by atoms with Gasteiger partial charge in [0.05, 0.1) is 11.3 Å². The van der Waals surface area contributed by atoms with Crippen LogP contribution in [0.2, 0.25) is 0 Å². The van der Waals surface area contributed by atoms with Crippen LogP contribution in [0.4, 0.5) is 13.2 Å². The molecule has 0 atom stereocenters. The number of ether oxygens (including phenoxy) is 1. The number of fused-ring (bicyclic) bond motifs is 1. The summed E-state index contributed by atoms with van der Waals surface area (Å²) >= 11 is 0. The summed E-state index contributed by atoms with van der Waals surface area (Å²) in [6.45, 7) is 5.18. The number of aromatic nitrogens is 2. The first-order valence-corrected chi connectivity index (χ1v) is 7.82. The van der Waals surface area contributed by atoms with Gasteiger partial charge in [0.15, 0.2) is 0 Å². The summed E-state index contributed by atoms with van der Waals surface area (Å²) in [6.07, 6.45) is -2.48. The van der Waals surface area contributed by atoms with Gasteiger partial charge in [0.25, 0.3) is 5.91 Å². The third kappa shape index (κ3) is 4.05. The Kier molecular flexibility index (Phi) is 5.82. The molecule has 132 valence electrons. The molecule has 0 saturated carbocycles. The maximum absolute atomic E-state index is 12.9. The van der Waals surface area contributed by atoms with Crippen molar-refractivity contribution in [3.05, 3.63) is 35.3 Å². The molecule has 8 heteroatoms. The Labute approximate surface area is 137 Å². The molecule has 0 aliphatic rings. The molecule has 0 spiro atoms. The average Bonchev–Trinajstić information content (AvgIpc) is 2.91. The van der Waals surface area contributed by atoms with Crippen LogP contribution in [0.5, 0.6) is 0 Å². The van der Waals surface area contributed by atoms with E-state index in [4.69, 9.17) is 4.74 Å². The minimum Gasteiger partial charge on any atom is -0.382 e. The van der Waals surface area contributed by atoms with Gasteiger partial charge in [-0.25, -0.2) is 4.98 Å². The number of pyridine rings is 1. The molecular weight excluding hydrogens is 323 g/mol. The smallest absolute Gasteiger partial charge is 0.382 e. The van der Waals surface area contributed by atoms with Crippen LogP contribution in [-0.2, 0) is 17.3 Å². The van der Waals surface area contributed by atoms with Gasteiger partial charge in [-0.3, -0.25) is 9.20 Å². The van der Waals surface area contributed by atoms with Crippen LogP contribution in [0.3, 0.4) is 0 Å². The highest BCUT2D eigenvalue weighted by atomic mass is 19.4. The van der Waals surface area contributed by atoms with Crippen molar-refractivity contribution in [1.82, 2.24) is 14.7 Å². The number of carbonyl (C=O) groups is 1. The summed E-state index contributed by atoms with van der Waals surface area (Å²) in [6, 6.07) is 2.24. The maximum atomic E-state index is 12.9. The fourth-order valence-electron chi connectivity index (χ4n) is 2.35. The molecule has 0 aromatic carbocycles. The molecule has 0 radical (unpaired) electrons. The van der Waals surface area contributed by atoms with E-state index in [1.54, 1.807) is 6.92 Å². The zero-order chi connectivity index (χ0) is 17.7.